The summed E-state index contributed by atoms with van der Waals surface area (Å²) in [7, 11) is 1.68. The maximum atomic E-state index is 14.5. The number of hydrogen-bond acceptors (Lipinski definition) is 7. The molecule has 2 aliphatic rings. The third kappa shape index (κ3) is 8.58. The van der Waals surface area contributed by atoms with Gasteiger partial charge in [-0.15, -0.1) is 0 Å². The average molecular weight is 696 g/mol. The van der Waals surface area contributed by atoms with Crippen molar-refractivity contribution in [2.45, 2.75) is 79.5 Å². The molecule has 1 aromatic heterocycles. The zero-order chi connectivity index (χ0) is 34.9. The maximum Gasteiger partial charge on any atom is 0.245 e. The van der Waals surface area contributed by atoms with Gasteiger partial charge in [0.05, 0.1) is 6.04 Å². The van der Waals surface area contributed by atoms with Crippen LogP contribution < -0.4 is 27.0 Å². The van der Waals surface area contributed by atoms with Gasteiger partial charge < -0.3 is 36.9 Å². The van der Waals surface area contributed by atoms with E-state index in [-0.39, 0.29) is 23.6 Å². The summed E-state index contributed by atoms with van der Waals surface area (Å²) in [4.78, 5) is 50.0. The van der Waals surface area contributed by atoms with Crippen LogP contribution in [0.15, 0.2) is 88.8 Å². The van der Waals surface area contributed by atoms with Crippen molar-refractivity contribution in [2.24, 2.45) is 11.7 Å². The largest absolute Gasteiger partial charge is 0.361 e. The molecular weight excluding hydrogens is 647 g/mol. The zero-order valence-corrected chi connectivity index (χ0v) is 29.6. The Kier molecular flexibility index (Phi) is 12.2. The normalized spacial score (nSPS) is 21.6. The van der Waals surface area contributed by atoms with Gasteiger partial charge >= 0.3 is 0 Å². The summed E-state index contributed by atoms with van der Waals surface area (Å²) in [5.74, 6) is -0.618. The fourth-order valence-electron chi connectivity index (χ4n) is 7.11. The highest BCUT2D eigenvalue weighted by Gasteiger charge is 2.36. The van der Waals surface area contributed by atoms with Gasteiger partial charge in [-0.2, -0.15) is 0 Å². The summed E-state index contributed by atoms with van der Waals surface area (Å²) in [6, 6.07) is 22.2. The lowest BCUT2D eigenvalue weighted by atomic mass is 9.89. The van der Waals surface area contributed by atoms with Crippen molar-refractivity contribution in [3.05, 3.63) is 95.7 Å². The van der Waals surface area contributed by atoms with Crippen LogP contribution >= 0.6 is 11.8 Å². The Hall–Kier alpha value is -4.16. The van der Waals surface area contributed by atoms with E-state index in [4.69, 9.17) is 5.73 Å². The Labute approximate surface area is 298 Å². The first kappa shape index (κ1) is 35.7. The topological polar surface area (TPSA) is 144 Å². The summed E-state index contributed by atoms with van der Waals surface area (Å²) >= 11 is 1.66. The molecule has 0 saturated carbocycles. The highest BCUT2D eigenvalue weighted by atomic mass is 32.2. The lowest BCUT2D eigenvalue weighted by molar-refractivity contribution is -0.142. The molecule has 3 unspecified atom stereocenters. The van der Waals surface area contributed by atoms with Crippen LogP contribution in [0.1, 0.15) is 48.8 Å². The SMILES string of the molecule is CN1C(=O)C(CCCCN)NC(=O)C(C2CCNCC2)NCc2ccccc2Sc2ccccc2CNC(=O)C1Cc1c[nH]c2ccccc12. The molecule has 4 aromatic rings. The minimum Gasteiger partial charge on any atom is -0.361 e. The number of likely N-dealkylation sites (N-methyl/N-ethyl adjacent to an activating group) is 1. The van der Waals surface area contributed by atoms with Gasteiger partial charge in [-0.05, 0) is 92.5 Å². The molecule has 11 heteroatoms. The van der Waals surface area contributed by atoms with Gasteiger partial charge in [-0.25, -0.2) is 0 Å². The predicted molar refractivity (Wildman–Crippen MR) is 198 cm³/mol. The maximum absolute atomic E-state index is 14.5. The van der Waals surface area contributed by atoms with Gasteiger partial charge in [-0.3, -0.25) is 14.4 Å². The zero-order valence-electron chi connectivity index (χ0n) is 28.8. The first-order chi connectivity index (χ1) is 24.4. The number of carbonyl (C=O) groups excluding carboxylic acids is 3. The number of benzene rings is 3. The summed E-state index contributed by atoms with van der Waals surface area (Å²) in [5.41, 5.74) is 9.83. The monoisotopic (exact) mass is 695 g/mol. The van der Waals surface area contributed by atoms with Crippen molar-refractivity contribution in [3.63, 3.8) is 0 Å². The van der Waals surface area contributed by atoms with E-state index in [2.05, 4.69) is 44.5 Å². The molecule has 50 heavy (non-hydrogen) atoms. The lowest BCUT2D eigenvalue weighted by Gasteiger charge is -2.34. The second-order valence-corrected chi connectivity index (χ2v) is 14.4. The number of piperidine rings is 1. The van der Waals surface area contributed by atoms with Crippen LogP contribution in [0.2, 0.25) is 0 Å². The van der Waals surface area contributed by atoms with Crippen LogP contribution in [0.4, 0.5) is 0 Å². The molecule has 1 saturated heterocycles. The fraction of sp³-hybridized carbons (Fsp3) is 0.410. The van der Waals surface area contributed by atoms with E-state index in [1.54, 1.807) is 18.8 Å². The van der Waals surface area contributed by atoms with Gasteiger partial charge in [0, 0.05) is 53.4 Å². The van der Waals surface area contributed by atoms with Gasteiger partial charge in [0.2, 0.25) is 17.7 Å². The first-order valence-electron chi connectivity index (χ1n) is 17.8. The van der Waals surface area contributed by atoms with Crippen molar-refractivity contribution < 1.29 is 14.4 Å². The quantitative estimate of drug-likeness (QED) is 0.160. The van der Waals surface area contributed by atoms with E-state index in [1.807, 2.05) is 60.8 Å². The van der Waals surface area contributed by atoms with E-state index in [0.29, 0.717) is 38.9 Å². The van der Waals surface area contributed by atoms with Gasteiger partial charge in [0.15, 0.2) is 0 Å². The van der Waals surface area contributed by atoms with Crippen LogP contribution in [-0.2, 0) is 33.9 Å². The van der Waals surface area contributed by atoms with Crippen molar-refractivity contribution in [1.29, 1.82) is 0 Å². The van der Waals surface area contributed by atoms with Crippen LogP contribution in [-0.4, -0.2) is 72.4 Å². The van der Waals surface area contributed by atoms with Crippen molar-refractivity contribution in [1.82, 2.24) is 31.2 Å². The first-order valence-corrected chi connectivity index (χ1v) is 18.6. The molecule has 1 fully saturated rings. The summed E-state index contributed by atoms with van der Waals surface area (Å²) in [6.07, 6.45) is 5.77. The molecule has 264 valence electrons. The number of unbranched alkanes of at least 4 members (excludes halogenated alkanes) is 1. The lowest BCUT2D eigenvalue weighted by Crippen LogP contribution is -2.58. The fourth-order valence-corrected chi connectivity index (χ4v) is 8.19. The predicted octanol–water partition coefficient (Wildman–Crippen LogP) is 4.09. The molecule has 3 atom stereocenters. The minimum absolute atomic E-state index is 0.108. The van der Waals surface area contributed by atoms with Crippen LogP contribution in [0.25, 0.3) is 10.9 Å². The number of aromatic amines is 1. The molecular formula is C39H49N7O3S. The number of fused-ring (bicyclic) bond motifs is 3. The Balaban J connectivity index is 1.38. The number of H-pyrrole nitrogens is 1. The Morgan fingerprint density at radius 2 is 1.52 bits per heavy atom. The molecule has 0 radical (unpaired) electrons. The number of hydrogen-bond donors (Lipinski definition) is 6. The number of aromatic nitrogens is 1. The molecule has 3 aromatic carbocycles. The van der Waals surface area contributed by atoms with Crippen LogP contribution in [0.5, 0.6) is 0 Å². The molecule has 7 N–H and O–H groups in total. The molecule has 0 spiro atoms. The highest BCUT2D eigenvalue weighted by molar-refractivity contribution is 7.99. The van der Waals surface area contributed by atoms with E-state index >= 15 is 0 Å². The summed E-state index contributed by atoms with van der Waals surface area (Å²) in [5, 5.41) is 14.4. The van der Waals surface area contributed by atoms with E-state index in [0.717, 1.165) is 69.7 Å². The minimum atomic E-state index is -0.815. The standard InChI is InChI=1S/C39H49N7O3S/c1-46-33(22-29-25-42-31-13-5-4-12-30(29)31)37(47)44-24-28-11-3-7-16-35(28)50-34-15-6-2-10-27(34)23-43-36(26-17-20-41-21-18-26)38(48)45-32(39(46)49)14-8-9-19-40/h2-7,10-13,15-16,25-26,32-33,36,41-43H,8-9,14,17-24,40H2,1H3,(H,44,47)(H,45,48). The van der Waals surface area contributed by atoms with Crippen LogP contribution in [0, 0.1) is 5.92 Å². The van der Waals surface area contributed by atoms with E-state index < -0.39 is 18.1 Å². The smallest absolute Gasteiger partial charge is 0.245 e. The van der Waals surface area contributed by atoms with Gasteiger partial charge in [0.25, 0.3) is 0 Å². The summed E-state index contributed by atoms with van der Waals surface area (Å²) < 4.78 is 0. The molecule has 0 bridgehead atoms. The second-order valence-electron chi connectivity index (χ2n) is 13.4. The van der Waals surface area contributed by atoms with E-state index in [1.165, 1.54) is 4.90 Å². The van der Waals surface area contributed by atoms with Crippen LogP contribution in [0.3, 0.4) is 0 Å². The number of carbonyl (C=O) groups is 3. The van der Waals surface area contributed by atoms with Gasteiger partial charge in [-0.1, -0.05) is 66.4 Å². The van der Waals surface area contributed by atoms with Crippen molar-refractivity contribution in [3.8, 4) is 0 Å². The summed E-state index contributed by atoms with van der Waals surface area (Å²) in [6.45, 7) is 2.98. The highest BCUT2D eigenvalue weighted by Crippen LogP contribution is 2.33. The Bertz CT molecular complexity index is 1770. The number of rotatable bonds is 7. The Morgan fingerprint density at radius 1 is 0.840 bits per heavy atom. The number of para-hydroxylation sites is 1. The van der Waals surface area contributed by atoms with E-state index in [9.17, 15) is 14.4 Å². The molecule has 3 amide bonds. The molecule has 6 rings (SSSR count). The second kappa shape index (κ2) is 17.2. The number of nitrogens with two attached hydrogens (primary N) is 1. The average Bonchev–Trinajstić information content (AvgIpc) is 3.56. The van der Waals surface area contributed by atoms with Gasteiger partial charge in [0.1, 0.15) is 12.1 Å². The number of nitrogens with one attached hydrogen (secondary N) is 5. The third-order valence-electron chi connectivity index (χ3n) is 10.0. The number of amides is 3. The molecule has 10 nitrogen and oxygen atoms in total. The van der Waals surface area contributed by atoms with Crippen molar-refractivity contribution >= 4 is 40.4 Å². The third-order valence-corrected chi connectivity index (χ3v) is 11.3. The van der Waals surface area contributed by atoms with Crippen molar-refractivity contribution in [2.75, 3.05) is 26.7 Å². The Morgan fingerprint density at radius 3 is 2.26 bits per heavy atom. The molecule has 3 heterocycles. The molecule has 0 aliphatic carbocycles. The number of nitrogens with zero attached hydrogens (tertiary/aromatic N) is 1. The molecule has 2 aliphatic heterocycles.